The van der Waals surface area contributed by atoms with Crippen LogP contribution in [0.4, 0.5) is 10.6 Å². The minimum atomic E-state index is -2.32. The fourth-order valence-electron chi connectivity index (χ4n) is 3.76. The third-order valence-electron chi connectivity index (χ3n) is 5.59. The van der Waals surface area contributed by atoms with Crippen LogP contribution < -0.4 is 16.3 Å². The van der Waals surface area contributed by atoms with Crippen molar-refractivity contribution in [2.45, 2.75) is 44.3 Å². The Bertz CT molecular complexity index is 1130. The minimum Gasteiger partial charge on any atom is -0.601 e. The van der Waals surface area contributed by atoms with Crippen LogP contribution in [-0.4, -0.2) is 63.4 Å². The minimum absolute atomic E-state index is 0.00307. The highest BCUT2D eigenvalue weighted by Crippen LogP contribution is 2.31. The maximum Gasteiger partial charge on any atom is 0.506 e. The molecule has 0 amide bonds. The molecule has 1 fully saturated rings. The molecule has 36 heavy (non-hydrogen) atoms. The van der Waals surface area contributed by atoms with Gasteiger partial charge in [0.2, 0.25) is 14.0 Å². The topological polar surface area (TPSA) is 178 Å². The van der Waals surface area contributed by atoms with Gasteiger partial charge in [-0.25, -0.2) is 9.59 Å². The zero-order chi connectivity index (χ0) is 26.2. The van der Waals surface area contributed by atoms with E-state index in [-0.39, 0.29) is 32.0 Å². The highest BCUT2D eigenvalue weighted by molar-refractivity contribution is 7.44. The normalized spacial score (nSPS) is 22.9. The maximum absolute atomic E-state index is 12.1. The molecule has 0 spiro atoms. The number of carboxylic acid groups (broad SMARTS) is 1. The van der Waals surface area contributed by atoms with Gasteiger partial charge in [0.15, 0.2) is 0 Å². The van der Waals surface area contributed by atoms with Gasteiger partial charge in [0.25, 0.3) is 0 Å². The largest absolute Gasteiger partial charge is 0.601 e. The number of ether oxygens (including phenoxy) is 3. The van der Waals surface area contributed by atoms with Crippen LogP contribution in [0.5, 0.6) is 0 Å². The molecule has 2 aromatic rings. The van der Waals surface area contributed by atoms with E-state index >= 15 is 0 Å². The summed E-state index contributed by atoms with van der Waals surface area (Å²) in [5.41, 5.74) is 5.56. The first-order valence-electron chi connectivity index (χ1n) is 11.0. The van der Waals surface area contributed by atoms with E-state index in [1.54, 1.807) is 31.2 Å². The van der Waals surface area contributed by atoms with Crippen molar-refractivity contribution in [2.24, 2.45) is 5.92 Å². The molecule has 0 bridgehead atoms. The van der Waals surface area contributed by atoms with Crippen LogP contribution in [0.2, 0.25) is 5.02 Å². The van der Waals surface area contributed by atoms with Gasteiger partial charge in [0, 0.05) is 23.6 Å². The first-order valence-corrected chi connectivity index (χ1v) is 12.6. The van der Waals surface area contributed by atoms with Crippen LogP contribution >= 0.6 is 19.6 Å². The zero-order valence-electron chi connectivity index (χ0n) is 19.3. The van der Waals surface area contributed by atoms with E-state index in [1.165, 1.54) is 16.8 Å². The lowest BCUT2D eigenvalue weighted by molar-refractivity contribution is -0.173. The molecule has 3 rings (SSSR count). The Morgan fingerprint density at radius 3 is 2.89 bits per heavy atom. The average molecular weight is 544 g/mol. The van der Waals surface area contributed by atoms with E-state index in [4.69, 9.17) is 41.2 Å². The predicted octanol–water partition coefficient (Wildman–Crippen LogP) is 1.53. The molecule has 1 aromatic heterocycles. The van der Waals surface area contributed by atoms with Crippen molar-refractivity contribution in [2.75, 3.05) is 18.9 Å². The van der Waals surface area contributed by atoms with Crippen molar-refractivity contribution in [1.29, 1.82) is 0 Å². The smallest absolute Gasteiger partial charge is 0.506 e. The first kappa shape index (κ1) is 28.0. The monoisotopic (exact) mass is 543 g/mol. The van der Waals surface area contributed by atoms with Gasteiger partial charge >= 0.3 is 11.8 Å². The number of hydrogen-bond acceptors (Lipinski definition) is 10. The summed E-state index contributed by atoms with van der Waals surface area (Å²) in [4.78, 5) is 39.0. The van der Waals surface area contributed by atoms with Gasteiger partial charge in [0.05, 0.1) is 25.4 Å². The molecule has 2 heterocycles. The number of nitrogens with two attached hydrogens (primary N) is 1. The quantitative estimate of drug-likeness (QED) is 0.276. The number of nitrogens with zero attached hydrogens (tertiary/aromatic N) is 2. The molecule has 12 nitrogen and oxygen atoms in total. The lowest BCUT2D eigenvalue weighted by Crippen LogP contribution is -2.35. The van der Waals surface area contributed by atoms with Crippen molar-refractivity contribution in [3.05, 3.63) is 57.6 Å². The molecular weight excluding hydrogens is 517 g/mol. The molecule has 0 aliphatic carbocycles. The van der Waals surface area contributed by atoms with Crippen LogP contribution in [-0.2, 0) is 25.3 Å². The highest BCUT2D eigenvalue weighted by atomic mass is 35.5. The van der Waals surface area contributed by atoms with Crippen LogP contribution in [0.15, 0.2) is 41.3 Å². The van der Waals surface area contributed by atoms with E-state index in [0.717, 1.165) is 5.98 Å². The lowest BCUT2D eigenvalue weighted by Gasteiger charge is -2.19. The maximum atomic E-state index is 12.1. The van der Waals surface area contributed by atoms with Crippen molar-refractivity contribution >= 4 is 37.6 Å². The average Bonchev–Trinajstić information content (AvgIpc) is 3.09. The van der Waals surface area contributed by atoms with Gasteiger partial charge in [-0.05, 0) is 23.8 Å². The Labute approximate surface area is 212 Å². The van der Waals surface area contributed by atoms with Gasteiger partial charge in [-0.2, -0.15) is 9.51 Å². The van der Waals surface area contributed by atoms with Crippen molar-refractivity contribution in [3.8, 4) is 0 Å². The van der Waals surface area contributed by atoms with Gasteiger partial charge in [-0.1, -0.05) is 30.7 Å². The van der Waals surface area contributed by atoms with Gasteiger partial charge in [-0.3, -0.25) is 4.57 Å². The fourth-order valence-corrected chi connectivity index (χ4v) is 4.51. The van der Waals surface area contributed by atoms with Crippen LogP contribution in [0.3, 0.4) is 0 Å². The third-order valence-corrected chi connectivity index (χ3v) is 6.59. The number of aliphatic hydroxyl groups is 1. The third kappa shape index (κ3) is 7.97. The summed E-state index contributed by atoms with van der Waals surface area (Å²) in [6.45, 7) is 1.66. The fraction of sp³-hybridized carbons (Fsp3) is 0.455. The van der Waals surface area contributed by atoms with Gasteiger partial charge < -0.3 is 35.1 Å². The summed E-state index contributed by atoms with van der Waals surface area (Å²) in [6.07, 6.45) is -2.94. The molecule has 4 N–H and O–H groups in total. The summed E-state index contributed by atoms with van der Waals surface area (Å²) >= 11 is 5.91. The summed E-state index contributed by atoms with van der Waals surface area (Å²) in [5, 5.41) is 19.8. The number of aromatic nitrogens is 2. The van der Waals surface area contributed by atoms with Gasteiger partial charge in [-0.15, -0.1) is 0 Å². The van der Waals surface area contributed by atoms with Crippen LogP contribution in [0, 0.1) is 5.92 Å². The first-order chi connectivity index (χ1) is 17.1. The van der Waals surface area contributed by atoms with E-state index in [9.17, 15) is 19.6 Å². The second-order valence-corrected chi connectivity index (χ2v) is 9.60. The molecule has 2 unspecified atom stereocenters. The summed E-state index contributed by atoms with van der Waals surface area (Å²) in [7, 11) is -2.32. The van der Waals surface area contributed by atoms with Gasteiger partial charge in [0.1, 0.15) is 24.6 Å². The molecule has 196 valence electrons. The summed E-state index contributed by atoms with van der Waals surface area (Å²) in [5.74, 6) is 0.646. The molecule has 14 heteroatoms. The van der Waals surface area contributed by atoms with E-state index < -0.39 is 50.2 Å². The lowest BCUT2D eigenvalue weighted by atomic mass is 9.98. The van der Waals surface area contributed by atoms with Crippen molar-refractivity contribution in [1.82, 2.24) is 9.55 Å². The molecule has 6 atom stereocenters. The summed E-state index contributed by atoms with van der Waals surface area (Å²) < 4.78 is 22.7. The number of carbonyl (C=O) groups is 1. The number of anilines is 1. The number of rotatable bonds is 11. The summed E-state index contributed by atoms with van der Waals surface area (Å²) in [6, 6.07) is 8.22. The number of halogens is 1. The Morgan fingerprint density at radius 2 is 2.19 bits per heavy atom. The number of hydrogen-bond donors (Lipinski definition) is 3. The molecule has 0 saturated carbocycles. The molecule has 1 aliphatic rings. The number of benzene rings is 1. The Hall–Kier alpha value is -2.57. The SMILES string of the molecule is C[C@@H]1C(Cn2ccc(N)nc2=O)O[C@H](COC=[P+]([O-])OCC[C@H](O)c2cccc(Cl)c2)[C@H]1OC(=O)O. The Kier molecular flexibility index (Phi) is 10.2. The zero-order valence-corrected chi connectivity index (χ0v) is 21.0. The van der Waals surface area contributed by atoms with Crippen molar-refractivity contribution < 1.29 is 38.6 Å². The van der Waals surface area contributed by atoms with Crippen molar-refractivity contribution in [3.63, 3.8) is 0 Å². The molecule has 0 radical (unpaired) electrons. The molecule has 1 saturated heterocycles. The Balaban J connectivity index is 1.52. The highest BCUT2D eigenvalue weighted by Gasteiger charge is 2.45. The molecular formula is C22H27ClN3O9P. The van der Waals surface area contributed by atoms with Crippen LogP contribution in [0.1, 0.15) is 25.0 Å². The number of aliphatic hydroxyl groups excluding tert-OH is 1. The number of nitrogen functional groups attached to an aromatic ring is 1. The van der Waals surface area contributed by atoms with Crippen LogP contribution in [0.25, 0.3) is 0 Å². The second-order valence-electron chi connectivity index (χ2n) is 8.12. The molecule has 1 aliphatic heterocycles. The van der Waals surface area contributed by atoms with E-state index in [0.29, 0.717) is 10.6 Å². The molecule has 1 aromatic carbocycles. The van der Waals surface area contributed by atoms with E-state index in [2.05, 4.69) is 4.98 Å². The predicted molar refractivity (Wildman–Crippen MR) is 130 cm³/mol. The Morgan fingerprint density at radius 1 is 1.42 bits per heavy atom. The van der Waals surface area contributed by atoms with E-state index in [1.807, 2.05) is 0 Å². The standard InChI is InChI=1S/C22H27ClN3O9P/c1-13-17(10-26-7-5-19(24)25-21(26)28)34-18(20(13)35-22(29)30)11-32-12-36(31)33-8-6-16(27)14-3-2-4-15(23)9-14/h2-5,7,9,12-13,16-18,20,27H,6,8,10-11H2,1H3,(H,29,30)(H2,24,25,28)/t13-,16+,17?,18-,20+/m1/s1. The second kappa shape index (κ2) is 13.1.